The molecule has 1 fully saturated rings. The third-order valence-electron chi connectivity index (χ3n) is 3.18. The molecule has 17 heavy (non-hydrogen) atoms. The SMILES string of the molecule is CNC(CC1CCCO1)c1ccc(COC)o1. The van der Waals surface area contributed by atoms with Gasteiger partial charge in [-0.2, -0.15) is 0 Å². The van der Waals surface area contributed by atoms with Gasteiger partial charge in [0, 0.05) is 13.7 Å². The van der Waals surface area contributed by atoms with Crippen molar-refractivity contribution in [2.45, 2.75) is 38.0 Å². The van der Waals surface area contributed by atoms with E-state index in [0.717, 1.165) is 31.0 Å². The molecule has 1 aliphatic heterocycles. The summed E-state index contributed by atoms with van der Waals surface area (Å²) in [6.07, 6.45) is 3.66. The van der Waals surface area contributed by atoms with E-state index in [9.17, 15) is 0 Å². The Bertz CT molecular complexity index is 331. The Morgan fingerprint density at radius 2 is 2.41 bits per heavy atom. The lowest BCUT2D eigenvalue weighted by atomic mass is 10.1. The Morgan fingerprint density at radius 3 is 3.06 bits per heavy atom. The van der Waals surface area contributed by atoms with Gasteiger partial charge in [-0.05, 0) is 38.4 Å². The summed E-state index contributed by atoms with van der Waals surface area (Å²) >= 11 is 0. The van der Waals surface area contributed by atoms with Gasteiger partial charge in [0.25, 0.3) is 0 Å². The van der Waals surface area contributed by atoms with Crippen LogP contribution in [0.4, 0.5) is 0 Å². The van der Waals surface area contributed by atoms with E-state index in [-0.39, 0.29) is 6.04 Å². The second kappa shape index (κ2) is 6.19. The molecule has 1 aromatic rings. The highest BCUT2D eigenvalue weighted by Gasteiger charge is 2.22. The van der Waals surface area contributed by atoms with Crippen molar-refractivity contribution in [3.05, 3.63) is 23.7 Å². The second-order valence-electron chi connectivity index (χ2n) is 4.45. The minimum absolute atomic E-state index is 0.226. The average molecular weight is 239 g/mol. The molecule has 1 aliphatic rings. The van der Waals surface area contributed by atoms with Gasteiger partial charge in [-0.3, -0.25) is 0 Å². The van der Waals surface area contributed by atoms with Crippen molar-refractivity contribution in [1.29, 1.82) is 0 Å². The molecule has 4 nitrogen and oxygen atoms in total. The molecule has 2 rings (SSSR count). The first-order valence-corrected chi connectivity index (χ1v) is 6.20. The van der Waals surface area contributed by atoms with Crippen molar-refractivity contribution in [2.75, 3.05) is 20.8 Å². The summed E-state index contributed by atoms with van der Waals surface area (Å²) in [5.41, 5.74) is 0. The van der Waals surface area contributed by atoms with Crippen LogP contribution < -0.4 is 5.32 Å². The molecule has 2 heterocycles. The number of methoxy groups -OCH3 is 1. The molecule has 0 aliphatic carbocycles. The smallest absolute Gasteiger partial charge is 0.129 e. The Labute approximate surface area is 102 Å². The quantitative estimate of drug-likeness (QED) is 0.827. The molecule has 1 saturated heterocycles. The molecule has 0 radical (unpaired) electrons. The lowest BCUT2D eigenvalue weighted by Crippen LogP contribution is -2.21. The summed E-state index contributed by atoms with van der Waals surface area (Å²) in [6.45, 7) is 1.42. The Morgan fingerprint density at radius 1 is 1.53 bits per heavy atom. The van der Waals surface area contributed by atoms with Crippen LogP contribution in [0.2, 0.25) is 0 Å². The van der Waals surface area contributed by atoms with Crippen LogP contribution >= 0.6 is 0 Å². The third-order valence-corrected chi connectivity index (χ3v) is 3.18. The van der Waals surface area contributed by atoms with Crippen LogP contribution in [-0.4, -0.2) is 26.9 Å². The zero-order valence-electron chi connectivity index (χ0n) is 10.6. The molecule has 1 N–H and O–H groups in total. The molecule has 0 bridgehead atoms. The van der Waals surface area contributed by atoms with E-state index in [0.29, 0.717) is 12.7 Å². The van der Waals surface area contributed by atoms with Crippen molar-refractivity contribution in [2.24, 2.45) is 0 Å². The van der Waals surface area contributed by atoms with Gasteiger partial charge >= 0.3 is 0 Å². The summed E-state index contributed by atoms with van der Waals surface area (Å²) in [4.78, 5) is 0. The molecule has 0 saturated carbocycles. The van der Waals surface area contributed by atoms with E-state index in [1.807, 2.05) is 19.2 Å². The number of rotatable bonds is 6. The molecular formula is C13H21NO3. The molecular weight excluding hydrogens is 218 g/mol. The van der Waals surface area contributed by atoms with Gasteiger partial charge in [0.05, 0.1) is 12.1 Å². The highest BCUT2D eigenvalue weighted by atomic mass is 16.5. The van der Waals surface area contributed by atoms with Crippen LogP contribution in [0.5, 0.6) is 0 Å². The van der Waals surface area contributed by atoms with Crippen LogP contribution in [0, 0.1) is 0 Å². The first-order chi connectivity index (χ1) is 8.33. The lowest BCUT2D eigenvalue weighted by Gasteiger charge is -2.17. The van der Waals surface area contributed by atoms with Crippen molar-refractivity contribution in [1.82, 2.24) is 5.32 Å². The van der Waals surface area contributed by atoms with Crippen LogP contribution in [-0.2, 0) is 16.1 Å². The first kappa shape index (κ1) is 12.6. The van der Waals surface area contributed by atoms with Gasteiger partial charge in [0.15, 0.2) is 0 Å². The van der Waals surface area contributed by atoms with Crippen molar-refractivity contribution in [3.8, 4) is 0 Å². The van der Waals surface area contributed by atoms with E-state index in [1.165, 1.54) is 6.42 Å². The van der Waals surface area contributed by atoms with Gasteiger partial charge in [0.2, 0.25) is 0 Å². The normalized spacial score (nSPS) is 21.9. The zero-order valence-corrected chi connectivity index (χ0v) is 10.6. The first-order valence-electron chi connectivity index (χ1n) is 6.20. The minimum atomic E-state index is 0.226. The summed E-state index contributed by atoms with van der Waals surface area (Å²) < 4.78 is 16.4. The monoisotopic (exact) mass is 239 g/mol. The maximum atomic E-state index is 5.74. The Balaban J connectivity index is 1.95. The van der Waals surface area contributed by atoms with Crippen LogP contribution in [0.25, 0.3) is 0 Å². The zero-order chi connectivity index (χ0) is 12.1. The highest BCUT2D eigenvalue weighted by molar-refractivity contribution is 5.10. The minimum Gasteiger partial charge on any atom is -0.462 e. The molecule has 4 heteroatoms. The van der Waals surface area contributed by atoms with E-state index in [1.54, 1.807) is 7.11 Å². The fourth-order valence-electron chi connectivity index (χ4n) is 2.27. The molecule has 0 amide bonds. The number of hydrogen-bond acceptors (Lipinski definition) is 4. The number of furan rings is 1. The fraction of sp³-hybridized carbons (Fsp3) is 0.692. The van der Waals surface area contributed by atoms with Gasteiger partial charge in [-0.15, -0.1) is 0 Å². The average Bonchev–Trinajstić information content (AvgIpc) is 2.97. The molecule has 0 spiro atoms. The molecule has 2 atom stereocenters. The molecule has 96 valence electrons. The molecule has 0 aromatic carbocycles. The highest BCUT2D eigenvalue weighted by Crippen LogP contribution is 2.26. The van der Waals surface area contributed by atoms with Crippen LogP contribution in [0.3, 0.4) is 0 Å². The number of hydrogen-bond donors (Lipinski definition) is 1. The maximum absolute atomic E-state index is 5.74. The van der Waals surface area contributed by atoms with Gasteiger partial charge in [-0.25, -0.2) is 0 Å². The summed E-state index contributed by atoms with van der Waals surface area (Å²) in [6, 6.07) is 4.21. The second-order valence-corrected chi connectivity index (χ2v) is 4.45. The summed E-state index contributed by atoms with van der Waals surface area (Å²) in [5, 5.41) is 3.29. The maximum Gasteiger partial charge on any atom is 0.129 e. The van der Waals surface area contributed by atoms with E-state index < -0.39 is 0 Å². The van der Waals surface area contributed by atoms with Gasteiger partial charge in [0.1, 0.15) is 18.1 Å². The van der Waals surface area contributed by atoms with Gasteiger partial charge in [-0.1, -0.05) is 0 Å². The lowest BCUT2D eigenvalue weighted by molar-refractivity contribution is 0.0921. The Kier molecular flexibility index (Phi) is 4.59. The molecule has 2 unspecified atom stereocenters. The van der Waals surface area contributed by atoms with E-state index in [2.05, 4.69) is 5.32 Å². The topological polar surface area (TPSA) is 43.6 Å². The van der Waals surface area contributed by atoms with Gasteiger partial charge < -0.3 is 19.2 Å². The van der Waals surface area contributed by atoms with Crippen molar-refractivity contribution in [3.63, 3.8) is 0 Å². The van der Waals surface area contributed by atoms with E-state index in [4.69, 9.17) is 13.9 Å². The largest absolute Gasteiger partial charge is 0.462 e. The predicted molar refractivity (Wildman–Crippen MR) is 64.8 cm³/mol. The van der Waals surface area contributed by atoms with Crippen LogP contribution in [0.15, 0.2) is 16.5 Å². The summed E-state index contributed by atoms with van der Waals surface area (Å²) in [5.74, 6) is 1.84. The predicted octanol–water partition coefficient (Wildman–Crippen LogP) is 2.26. The number of nitrogens with one attached hydrogen (secondary N) is 1. The third kappa shape index (κ3) is 3.31. The standard InChI is InChI=1S/C13H21NO3/c1-14-12(8-10-4-3-7-16-10)13-6-5-11(17-13)9-15-2/h5-6,10,12,14H,3-4,7-9H2,1-2H3. The van der Waals surface area contributed by atoms with Crippen molar-refractivity contribution >= 4 is 0 Å². The molecule has 1 aromatic heterocycles. The van der Waals surface area contributed by atoms with Crippen molar-refractivity contribution < 1.29 is 13.9 Å². The van der Waals surface area contributed by atoms with Crippen LogP contribution in [0.1, 0.15) is 36.8 Å². The Hall–Kier alpha value is -0.840. The van der Waals surface area contributed by atoms with E-state index >= 15 is 0 Å². The fourth-order valence-corrected chi connectivity index (χ4v) is 2.27. The summed E-state index contributed by atoms with van der Waals surface area (Å²) in [7, 11) is 3.63. The number of ether oxygens (including phenoxy) is 2.